The summed E-state index contributed by atoms with van der Waals surface area (Å²) in [5, 5.41) is 0. The summed E-state index contributed by atoms with van der Waals surface area (Å²) in [6.45, 7) is 9.25. The van der Waals surface area contributed by atoms with Gasteiger partial charge in [-0.3, -0.25) is 9.59 Å². The number of likely N-dealkylation sites (N-methyl/N-ethyl adjacent to an activating group) is 1. The van der Waals surface area contributed by atoms with E-state index in [1.807, 2.05) is 57.2 Å². The lowest BCUT2D eigenvalue weighted by atomic mass is 9.97. The van der Waals surface area contributed by atoms with Gasteiger partial charge in [0, 0.05) is 26.2 Å². The fraction of sp³-hybridized carbons (Fsp3) is 0.333. The molecule has 0 N–H and O–H groups in total. The molecule has 2 heterocycles. The number of nitrogens with zero attached hydrogens (tertiary/aromatic N) is 3. The maximum atomic E-state index is 13.6. The van der Waals surface area contributed by atoms with E-state index in [0.29, 0.717) is 17.0 Å². The number of carbonyl (C=O) groups is 2. The molecule has 2 aliphatic rings. The van der Waals surface area contributed by atoms with Gasteiger partial charge in [0.15, 0.2) is 0 Å². The number of rotatable bonds is 3. The van der Waals surface area contributed by atoms with Gasteiger partial charge < -0.3 is 9.80 Å². The first kappa shape index (κ1) is 19.4. The molecule has 5 heteroatoms. The number of imide groups is 1. The van der Waals surface area contributed by atoms with Crippen molar-refractivity contribution in [2.75, 3.05) is 38.1 Å². The van der Waals surface area contributed by atoms with E-state index in [4.69, 9.17) is 0 Å². The highest BCUT2D eigenvalue weighted by atomic mass is 16.2. The van der Waals surface area contributed by atoms with E-state index in [2.05, 4.69) is 22.9 Å². The molecule has 0 atom stereocenters. The van der Waals surface area contributed by atoms with Gasteiger partial charge in [-0.05, 0) is 51.1 Å². The van der Waals surface area contributed by atoms with Crippen LogP contribution in [-0.4, -0.2) is 54.8 Å². The standard InChI is InChI=1S/C24H27N3O2/c1-16-5-8-19(9-6-16)27-23(28)21(20-10-7-17(2)15-18(20)3)22(24(27)29)26-13-11-25(4)12-14-26/h5-10,15H,11-14H2,1-4H3. The van der Waals surface area contributed by atoms with E-state index in [0.717, 1.165) is 48.4 Å². The Bertz CT molecular complexity index is 999. The van der Waals surface area contributed by atoms with Crippen LogP contribution >= 0.6 is 0 Å². The molecule has 0 bridgehead atoms. The number of amides is 2. The van der Waals surface area contributed by atoms with Crippen LogP contribution in [0.4, 0.5) is 5.69 Å². The van der Waals surface area contributed by atoms with E-state index in [1.165, 1.54) is 4.90 Å². The number of piperazine rings is 1. The van der Waals surface area contributed by atoms with Crippen LogP contribution in [0.3, 0.4) is 0 Å². The molecule has 0 aromatic heterocycles. The lowest BCUT2D eigenvalue weighted by molar-refractivity contribution is -0.120. The van der Waals surface area contributed by atoms with Crippen molar-refractivity contribution in [2.24, 2.45) is 0 Å². The Morgan fingerprint density at radius 2 is 1.38 bits per heavy atom. The van der Waals surface area contributed by atoms with Crippen LogP contribution in [0.25, 0.3) is 5.57 Å². The van der Waals surface area contributed by atoms with Crippen LogP contribution in [0.5, 0.6) is 0 Å². The summed E-state index contributed by atoms with van der Waals surface area (Å²) < 4.78 is 0. The Hall–Kier alpha value is -2.92. The minimum atomic E-state index is -0.236. The molecular weight excluding hydrogens is 362 g/mol. The van der Waals surface area contributed by atoms with Gasteiger partial charge in [-0.25, -0.2) is 4.90 Å². The third-order valence-corrected chi connectivity index (χ3v) is 5.82. The Morgan fingerprint density at radius 3 is 2.00 bits per heavy atom. The highest BCUT2D eigenvalue weighted by molar-refractivity contribution is 6.45. The van der Waals surface area contributed by atoms with Crippen molar-refractivity contribution in [1.29, 1.82) is 0 Å². The molecule has 5 nitrogen and oxygen atoms in total. The fourth-order valence-corrected chi connectivity index (χ4v) is 4.11. The van der Waals surface area contributed by atoms with Crippen LogP contribution in [0.2, 0.25) is 0 Å². The molecule has 2 amide bonds. The predicted octanol–water partition coefficient (Wildman–Crippen LogP) is 3.14. The summed E-state index contributed by atoms with van der Waals surface area (Å²) in [6.07, 6.45) is 0. The van der Waals surface area contributed by atoms with Crippen molar-refractivity contribution >= 4 is 23.1 Å². The highest BCUT2D eigenvalue weighted by Gasteiger charge is 2.43. The second kappa shape index (κ2) is 7.48. The molecule has 0 aliphatic carbocycles. The normalized spacial score (nSPS) is 18.2. The molecule has 0 saturated carbocycles. The zero-order valence-corrected chi connectivity index (χ0v) is 17.5. The Morgan fingerprint density at radius 1 is 0.759 bits per heavy atom. The van der Waals surface area contributed by atoms with Gasteiger partial charge in [0.2, 0.25) is 0 Å². The summed E-state index contributed by atoms with van der Waals surface area (Å²) in [6, 6.07) is 13.6. The summed E-state index contributed by atoms with van der Waals surface area (Å²) in [7, 11) is 2.08. The third-order valence-electron chi connectivity index (χ3n) is 5.82. The molecule has 1 saturated heterocycles. The molecule has 2 aromatic rings. The van der Waals surface area contributed by atoms with Gasteiger partial charge in [-0.2, -0.15) is 0 Å². The minimum absolute atomic E-state index is 0.224. The van der Waals surface area contributed by atoms with Crippen LogP contribution in [0.15, 0.2) is 48.2 Å². The van der Waals surface area contributed by atoms with Gasteiger partial charge in [0.1, 0.15) is 5.70 Å². The van der Waals surface area contributed by atoms with Crippen molar-refractivity contribution in [3.63, 3.8) is 0 Å². The second-order valence-corrected chi connectivity index (χ2v) is 8.11. The summed E-state index contributed by atoms with van der Waals surface area (Å²) in [4.78, 5) is 32.8. The molecule has 0 radical (unpaired) electrons. The zero-order chi connectivity index (χ0) is 20.7. The van der Waals surface area contributed by atoms with Gasteiger partial charge in [-0.15, -0.1) is 0 Å². The summed E-state index contributed by atoms with van der Waals surface area (Å²) in [5.74, 6) is -0.460. The maximum absolute atomic E-state index is 13.6. The van der Waals surface area contributed by atoms with Gasteiger partial charge in [0.05, 0.1) is 11.3 Å². The van der Waals surface area contributed by atoms with Gasteiger partial charge in [-0.1, -0.05) is 41.5 Å². The molecule has 0 unspecified atom stereocenters. The maximum Gasteiger partial charge on any atom is 0.282 e. The molecule has 2 aromatic carbocycles. The lowest BCUT2D eigenvalue weighted by Gasteiger charge is -2.34. The first-order chi connectivity index (χ1) is 13.9. The monoisotopic (exact) mass is 389 g/mol. The molecular formula is C24H27N3O2. The van der Waals surface area contributed by atoms with Crippen molar-refractivity contribution in [1.82, 2.24) is 9.80 Å². The van der Waals surface area contributed by atoms with Crippen LogP contribution in [0, 0.1) is 20.8 Å². The molecule has 1 fully saturated rings. The van der Waals surface area contributed by atoms with Crippen molar-refractivity contribution in [2.45, 2.75) is 20.8 Å². The van der Waals surface area contributed by atoms with Crippen molar-refractivity contribution < 1.29 is 9.59 Å². The quantitative estimate of drug-likeness (QED) is 0.757. The highest BCUT2D eigenvalue weighted by Crippen LogP contribution is 2.36. The van der Waals surface area contributed by atoms with Crippen LogP contribution in [-0.2, 0) is 9.59 Å². The number of benzene rings is 2. The molecule has 2 aliphatic heterocycles. The minimum Gasteiger partial charge on any atom is -0.364 e. The SMILES string of the molecule is Cc1ccc(N2C(=O)C(c3ccc(C)cc3C)=C(N3CCN(C)CC3)C2=O)cc1. The van der Waals surface area contributed by atoms with Crippen LogP contribution in [0.1, 0.15) is 22.3 Å². The fourth-order valence-electron chi connectivity index (χ4n) is 4.11. The molecule has 150 valence electrons. The summed E-state index contributed by atoms with van der Waals surface area (Å²) in [5.41, 5.74) is 5.77. The van der Waals surface area contributed by atoms with E-state index in [9.17, 15) is 9.59 Å². The molecule has 4 rings (SSSR count). The smallest absolute Gasteiger partial charge is 0.282 e. The van der Waals surface area contributed by atoms with Gasteiger partial charge in [0.25, 0.3) is 11.8 Å². The van der Waals surface area contributed by atoms with Gasteiger partial charge >= 0.3 is 0 Å². The van der Waals surface area contributed by atoms with E-state index in [1.54, 1.807) is 0 Å². The first-order valence-corrected chi connectivity index (χ1v) is 10.1. The van der Waals surface area contributed by atoms with Crippen molar-refractivity contribution in [3.05, 3.63) is 70.4 Å². The number of hydrogen-bond acceptors (Lipinski definition) is 4. The Kier molecular flexibility index (Phi) is 5.01. The number of carbonyl (C=O) groups excluding carboxylic acids is 2. The average Bonchev–Trinajstić information content (AvgIpc) is 2.94. The number of hydrogen-bond donors (Lipinski definition) is 0. The topological polar surface area (TPSA) is 43.9 Å². The average molecular weight is 389 g/mol. The van der Waals surface area contributed by atoms with E-state index in [-0.39, 0.29) is 11.8 Å². The van der Waals surface area contributed by atoms with E-state index < -0.39 is 0 Å². The molecule has 0 spiro atoms. The Labute approximate surface area is 172 Å². The third kappa shape index (κ3) is 3.47. The first-order valence-electron chi connectivity index (χ1n) is 10.1. The molecule has 29 heavy (non-hydrogen) atoms. The van der Waals surface area contributed by atoms with Crippen LogP contribution < -0.4 is 4.90 Å². The second-order valence-electron chi connectivity index (χ2n) is 8.11. The lowest BCUT2D eigenvalue weighted by Crippen LogP contribution is -2.46. The summed E-state index contributed by atoms with van der Waals surface area (Å²) >= 11 is 0. The van der Waals surface area contributed by atoms with E-state index >= 15 is 0 Å². The zero-order valence-electron chi connectivity index (χ0n) is 17.5. The van der Waals surface area contributed by atoms with Crippen molar-refractivity contribution in [3.8, 4) is 0 Å². The number of anilines is 1. The largest absolute Gasteiger partial charge is 0.364 e. The number of aryl methyl sites for hydroxylation is 3. The predicted molar refractivity (Wildman–Crippen MR) is 116 cm³/mol. The Balaban J connectivity index is 1.83.